The predicted octanol–water partition coefficient (Wildman–Crippen LogP) is 2.83. The van der Waals surface area contributed by atoms with Gasteiger partial charge in [-0.2, -0.15) is 0 Å². The molecule has 0 spiro atoms. The molecule has 2 atom stereocenters. The smallest absolute Gasteiger partial charge is 0.0388 e. The predicted molar refractivity (Wildman–Crippen MR) is 36.8 cm³/mol. The Hall–Kier alpha value is 0. The minimum atomic E-state index is 1.10. The molecule has 0 aromatic heterocycles. The fraction of sp³-hybridized carbons (Fsp3) is 1.00. The molecule has 0 amide bonds. The van der Waals surface area contributed by atoms with Gasteiger partial charge in [0.25, 0.3) is 0 Å². The second-order valence-electron chi connectivity index (χ2n) is 2.91. The van der Waals surface area contributed by atoms with Crippen molar-refractivity contribution < 1.29 is 0 Å². The summed E-state index contributed by atoms with van der Waals surface area (Å²) in [6.07, 6.45) is 5.85. The Labute approximate surface area is 52.3 Å². The van der Waals surface area contributed by atoms with Gasteiger partial charge in [-0.05, 0) is 24.7 Å². The molecule has 0 saturated heterocycles. The van der Waals surface area contributed by atoms with Crippen LogP contribution in [0.4, 0.5) is 0 Å². The highest BCUT2D eigenvalue weighted by Gasteiger charge is 2.26. The minimum absolute atomic E-state index is 1.10. The van der Waals surface area contributed by atoms with Gasteiger partial charge in [0.2, 0.25) is 0 Å². The van der Waals surface area contributed by atoms with E-state index in [1.54, 1.807) is 0 Å². The van der Waals surface area contributed by atoms with E-state index in [4.69, 9.17) is 0 Å². The highest BCUT2D eigenvalue weighted by atomic mass is 14.3. The maximum absolute atomic E-state index is 2.31. The average molecular weight is 112 g/mol. The van der Waals surface area contributed by atoms with E-state index in [0.29, 0.717) is 0 Å². The molecule has 0 radical (unpaired) electrons. The van der Waals surface area contributed by atoms with Gasteiger partial charge in [0, 0.05) is 0 Å². The lowest BCUT2D eigenvalue weighted by Crippen LogP contribution is -2.23. The fourth-order valence-corrected chi connectivity index (χ4v) is 1.71. The third-order valence-electron chi connectivity index (χ3n) is 2.62. The molecule has 0 aliphatic heterocycles. The molecular weight excluding hydrogens is 96.1 g/mol. The van der Waals surface area contributed by atoms with Crippen molar-refractivity contribution in [2.24, 2.45) is 11.8 Å². The first-order valence-corrected chi connectivity index (χ1v) is 3.88. The van der Waals surface area contributed by atoms with Crippen LogP contribution in [0.15, 0.2) is 0 Å². The Bertz CT molecular complexity index is 52.4. The van der Waals surface area contributed by atoms with Gasteiger partial charge in [-0.25, -0.2) is 0 Å². The Morgan fingerprint density at radius 1 is 1.00 bits per heavy atom. The first-order chi connectivity index (χ1) is 3.88. The quantitative estimate of drug-likeness (QED) is 0.515. The zero-order chi connectivity index (χ0) is 5.98. The normalized spacial score (nSPS) is 36.8. The summed E-state index contributed by atoms with van der Waals surface area (Å²) in [6.45, 7) is 4.62. The monoisotopic (exact) mass is 112 g/mol. The third-order valence-corrected chi connectivity index (χ3v) is 2.62. The Kier molecular flexibility index (Phi) is 1.93. The molecule has 8 heavy (non-hydrogen) atoms. The summed E-state index contributed by atoms with van der Waals surface area (Å²) in [4.78, 5) is 0. The van der Waals surface area contributed by atoms with Crippen molar-refractivity contribution in [3.05, 3.63) is 0 Å². The first-order valence-electron chi connectivity index (χ1n) is 3.88. The van der Waals surface area contributed by atoms with E-state index in [0.717, 1.165) is 11.8 Å². The lowest BCUT2D eigenvalue weighted by Gasteiger charge is -2.35. The molecule has 1 aliphatic carbocycles. The summed E-state index contributed by atoms with van der Waals surface area (Å²) in [6, 6.07) is 0. The van der Waals surface area contributed by atoms with Crippen molar-refractivity contribution in [1.82, 2.24) is 0 Å². The van der Waals surface area contributed by atoms with Crippen molar-refractivity contribution in [1.29, 1.82) is 0 Å². The van der Waals surface area contributed by atoms with E-state index in [9.17, 15) is 0 Å². The van der Waals surface area contributed by atoms with Gasteiger partial charge >= 0.3 is 0 Å². The molecule has 1 fully saturated rings. The van der Waals surface area contributed by atoms with Crippen molar-refractivity contribution in [3.8, 4) is 0 Å². The maximum Gasteiger partial charge on any atom is -0.0388 e. The summed E-state index contributed by atoms with van der Waals surface area (Å²) >= 11 is 0. The SMILES string of the molecule is CC[C@H]1CC[C@@H]1CC. The second kappa shape index (κ2) is 2.52. The summed E-state index contributed by atoms with van der Waals surface area (Å²) < 4.78 is 0. The second-order valence-corrected chi connectivity index (χ2v) is 2.91. The highest BCUT2D eigenvalue weighted by molar-refractivity contribution is 4.77. The molecule has 0 nitrogen and oxygen atoms in total. The van der Waals surface area contributed by atoms with E-state index in [1.807, 2.05) is 0 Å². The summed E-state index contributed by atoms with van der Waals surface area (Å²) in [5.41, 5.74) is 0. The van der Waals surface area contributed by atoms with Gasteiger partial charge in [-0.15, -0.1) is 0 Å². The van der Waals surface area contributed by atoms with Crippen LogP contribution in [0, 0.1) is 11.8 Å². The van der Waals surface area contributed by atoms with E-state index in [-0.39, 0.29) is 0 Å². The first kappa shape index (κ1) is 6.12. The van der Waals surface area contributed by atoms with Crippen LogP contribution in [0.5, 0.6) is 0 Å². The van der Waals surface area contributed by atoms with Gasteiger partial charge in [-0.1, -0.05) is 26.7 Å². The molecule has 0 bridgehead atoms. The topological polar surface area (TPSA) is 0 Å². The van der Waals surface area contributed by atoms with Crippen molar-refractivity contribution >= 4 is 0 Å². The largest absolute Gasteiger partial charge is 0.0651 e. The van der Waals surface area contributed by atoms with Crippen LogP contribution in [0.25, 0.3) is 0 Å². The Morgan fingerprint density at radius 2 is 1.38 bits per heavy atom. The third kappa shape index (κ3) is 0.888. The van der Waals surface area contributed by atoms with Crippen LogP contribution in [-0.2, 0) is 0 Å². The molecule has 0 aromatic carbocycles. The summed E-state index contributed by atoms with van der Waals surface area (Å²) in [5, 5.41) is 0. The Balaban J connectivity index is 2.16. The maximum atomic E-state index is 2.31. The molecular formula is C8H16. The molecule has 1 aliphatic rings. The molecule has 1 saturated carbocycles. The van der Waals surface area contributed by atoms with E-state index < -0.39 is 0 Å². The van der Waals surface area contributed by atoms with Crippen LogP contribution in [0.3, 0.4) is 0 Å². The Morgan fingerprint density at radius 3 is 1.50 bits per heavy atom. The standard InChI is InChI=1S/C8H16/c1-3-7-5-6-8(7)4-2/h7-8H,3-6H2,1-2H3/t7-,8-/m0/s1. The summed E-state index contributed by atoms with van der Waals surface area (Å²) in [7, 11) is 0. The zero-order valence-electron chi connectivity index (χ0n) is 5.98. The van der Waals surface area contributed by atoms with E-state index in [1.165, 1.54) is 25.7 Å². The molecule has 0 heterocycles. The number of rotatable bonds is 2. The molecule has 0 unspecified atom stereocenters. The molecule has 0 aromatic rings. The van der Waals surface area contributed by atoms with Crippen molar-refractivity contribution in [2.45, 2.75) is 39.5 Å². The summed E-state index contributed by atoms with van der Waals surface area (Å²) in [5.74, 6) is 2.19. The number of hydrogen-bond donors (Lipinski definition) is 0. The molecule has 1 rings (SSSR count). The van der Waals surface area contributed by atoms with Gasteiger partial charge in [0.15, 0.2) is 0 Å². The van der Waals surface area contributed by atoms with E-state index in [2.05, 4.69) is 13.8 Å². The molecule has 48 valence electrons. The zero-order valence-corrected chi connectivity index (χ0v) is 5.98. The van der Waals surface area contributed by atoms with Crippen LogP contribution >= 0.6 is 0 Å². The average Bonchev–Trinajstić information content (AvgIpc) is 1.66. The van der Waals surface area contributed by atoms with Crippen LogP contribution in [0.1, 0.15) is 39.5 Å². The van der Waals surface area contributed by atoms with E-state index >= 15 is 0 Å². The van der Waals surface area contributed by atoms with Gasteiger partial charge < -0.3 is 0 Å². The minimum Gasteiger partial charge on any atom is -0.0651 e. The van der Waals surface area contributed by atoms with Crippen molar-refractivity contribution in [2.75, 3.05) is 0 Å². The molecule has 0 heteroatoms. The fourth-order valence-electron chi connectivity index (χ4n) is 1.71. The van der Waals surface area contributed by atoms with Crippen LogP contribution < -0.4 is 0 Å². The lowest BCUT2D eigenvalue weighted by molar-refractivity contribution is 0.165. The van der Waals surface area contributed by atoms with Crippen LogP contribution in [0.2, 0.25) is 0 Å². The lowest BCUT2D eigenvalue weighted by atomic mass is 9.71. The van der Waals surface area contributed by atoms with Crippen LogP contribution in [-0.4, -0.2) is 0 Å². The molecule has 0 N–H and O–H groups in total. The van der Waals surface area contributed by atoms with Gasteiger partial charge in [0.05, 0.1) is 0 Å². The highest BCUT2D eigenvalue weighted by Crippen LogP contribution is 2.38. The van der Waals surface area contributed by atoms with Gasteiger partial charge in [-0.3, -0.25) is 0 Å². The van der Waals surface area contributed by atoms with Crippen molar-refractivity contribution in [3.63, 3.8) is 0 Å². The number of hydrogen-bond acceptors (Lipinski definition) is 0. The van der Waals surface area contributed by atoms with Gasteiger partial charge in [0.1, 0.15) is 0 Å².